The van der Waals surface area contributed by atoms with Gasteiger partial charge in [0.15, 0.2) is 11.0 Å². The van der Waals surface area contributed by atoms with E-state index in [1.165, 1.54) is 11.0 Å². The largest absolute Gasteiger partial charge is 0.490 e. The molecule has 0 bridgehead atoms. The van der Waals surface area contributed by atoms with Crippen LogP contribution in [0, 0.1) is 5.92 Å². The summed E-state index contributed by atoms with van der Waals surface area (Å²) in [7, 11) is 0. The van der Waals surface area contributed by atoms with E-state index in [4.69, 9.17) is 30.6 Å². The highest BCUT2D eigenvalue weighted by Gasteiger charge is 2.30. The number of nitrogens with zero attached hydrogens (tertiary/aromatic N) is 1. The zero-order valence-corrected chi connectivity index (χ0v) is 20.3. The summed E-state index contributed by atoms with van der Waals surface area (Å²) in [6.45, 7) is 0.752. The first-order valence-corrected chi connectivity index (χ1v) is 11.7. The SMILES string of the molecule is O=C(O)[C@@H]1CCN(C(=O)COCCOc2cc(Br)ccc2-c2cc(=O)c3cccc(Cl)c3o2)C1. The molecule has 1 aliphatic rings. The van der Waals surface area contributed by atoms with E-state index < -0.39 is 11.9 Å². The number of fused-ring (bicyclic) bond motifs is 1. The number of ether oxygens (including phenoxy) is 2. The van der Waals surface area contributed by atoms with Gasteiger partial charge in [0, 0.05) is 23.6 Å². The van der Waals surface area contributed by atoms with E-state index in [0.29, 0.717) is 46.0 Å². The Kier molecular flexibility index (Phi) is 7.55. The number of hydrogen-bond acceptors (Lipinski definition) is 6. The molecule has 1 aromatic heterocycles. The minimum absolute atomic E-state index is 0.140. The van der Waals surface area contributed by atoms with E-state index in [1.54, 1.807) is 36.4 Å². The fraction of sp³-hybridized carbons (Fsp3) is 0.292. The topological polar surface area (TPSA) is 106 Å². The highest BCUT2D eigenvalue weighted by molar-refractivity contribution is 9.10. The minimum Gasteiger partial charge on any atom is -0.490 e. The number of amides is 1. The lowest BCUT2D eigenvalue weighted by Crippen LogP contribution is -2.33. The lowest BCUT2D eigenvalue weighted by Gasteiger charge is -2.16. The fourth-order valence-corrected chi connectivity index (χ4v) is 4.30. The van der Waals surface area contributed by atoms with Gasteiger partial charge >= 0.3 is 5.97 Å². The Balaban J connectivity index is 1.39. The molecule has 4 rings (SSSR count). The molecule has 34 heavy (non-hydrogen) atoms. The standard InChI is InChI=1S/C24H21BrClNO7/c25-15-4-5-17(21-11-19(28)16-2-1-3-18(26)23(16)34-21)20(10-15)33-9-8-32-13-22(29)27-7-6-14(12-27)24(30)31/h1-5,10-11,14H,6-9,12-13H2,(H,30,31)/t14-/m1/s1. The van der Waals surface area contributed by atoms with Crippen molar-refractivity contribution in [2.24, 2.45) is 5.92 Å². The molecule has 1 aliphatic heterocycles. The number of hydrogen-bond donors (Lipinski definition) is 1. The van der Waals surface area contributed by atoms with Crippen LogP contribution in [0.2, 0.25) is 5.02 Å². The molecule has 1 amide bonds. The molecule has 1 fully saturated rings. The summed E-state index contributed by atoms with van der Waals surface area (Å²) < 4.78 is 18.0. The predicted molar refractivity (Wildman–Crippen MR) is 129 cm³/mol. The lowest BCUT2D eigenvalue weighted by atomic mass is 10.1. The third-order valence-electron chi connectivity index (χ3n) is 5.52. The van der Waals surface area contributed by atoms with Crippen molar-refractivity contribution in [2.45, 2.75) is 6.42 Å². The van der Waals surface area contributed by atoms with Gasteiger partial charge in [-0.15, -0.1) is 0 Å². The van der Waals surface area contributed by atoms with Gasteiger partial charge in [-0.25, -0.2) is 0 Å². The molecule has 8 nitrogen and oxygen atoms in total. The zero-order chi connectivity index (χ0) is 24.2. The fourth-order valence-electron chi connectivity index (χ4n) is 3.74. The first-order valence-electron chi connectivity index (χ1n) is 10.6. The van der Waals surface area contributed by atoms with E-state index in [2.05, 4.69) is 15.9 Å². The monoisotopic (exact) mass is 549 g/mol. The van der Waals surface area contributed by atoms with Crippen molar-refractivity contribution < 1.29 is 28.6 Å². The third-order valence-corrected chi connectivity index (χ3v) is 6.31. The highest BCUT2D eigenvalue weighted by atomic mass is 79.9. The van der Waals surface area contributed by atoms with Crippen LogP contribution in [0.25, 0.3) is 22.3 Å². The number of carboxylic acid groups (broad SMARTS) is 1. The zero-order valence-electron chi connectivity index (χ0n) is 18.0. The average Bonchev–Trinajstić information content (AvgIpc) is 3.30. The summed E-state index contributed by atoms with van der Waals surface area (Å²) in [5.41, 5.74) is 0.644. The Labute approximate surface area is 208 Å². The molecule has 2 heterocycles. The van der Waals surface area contributed by atoms with Crippen molar-refractivity contribution in [3.63, 3.8) is 0 Å². The quantitative estimate of drug-likeness (QED) is 0.419. The number of carboxylic acids is 1. The van der Waals surface area contributed by atoms with Crippen LogP contribution < -0.4 is 10.2 Å². The van der Waals surface area contributed by atoms with Crippen LogP contribution in [0.4, 0.5) is 0 Å². The molecule has 0 radical (unpaired) electrons. The van der Waals surface area contributed by atoms with Gasteiger partial charge in [-0.3, -0.25) is 14.4 Å². The third kappa shape index (κ3) is 5.43. The van der Waals surface area contributed by atoms with Crippen LogP contribution >= 0.6 is 27.5 Å². The average molecular weight is 551 g/mol. The first kappa shape index (κ1) is 24.3. The van der Waals surface area contributed by atoms with Gasteiger partial charge in [0.05, 0.1) is 28.5 Å². The van der Waals surface area contributed by atoms with Crippen LogP contribution in [0.1, 0.15) is 6.42 Å². The molecule has 3 aromatic rings. The molecule has 2 aromatic carbocycles. The second-order valence-corrected chi connectivity index (χ2v) is 9.12. The Morgan fingerprint density at radius 2 is 2.03 bits per heavy atom. The summed E-state index contributed by atoms with van der Waals surface area (Å²) in [6.07, 6.45) is 0.450. The molecule has 0 aliphatic carbocycles. The smallest absolute Gasteiger partial charge is 0.308 e. The second kappa shape index (κ2) is 10.6. The number of likely N-dealkylation sites (tertiary alicyclic amines) is 1. The Morgan fingerprint density at radius 3 is 2.79 bits per heavy atom. The van der Waals surface area contributed by atoms with E-state index >= 15 is 0 Å². The van der Waals surface area contributed by atoms with E-state index in [1.807, 2.05) is 0 Å². The number of para-hydroxylation sites is 1. The first-order chi connectivity index (χ1) is 16.3. The van der Waals surface area contributed by atoms with Crippen molar-refractivity contribution in [3.05, 3.63) is 62.2 Å². The Hall–Kier alpha value is -2.88. The van der Waals surface area contributed by atoms with E-state index in [0.717, 1.165) is 4.47 Å². The van der Waals surface area contributed by atoms with Gasteiger partial charge in [0.1, 0.15) is 24.7 Å². The molecular weight excluding hydrogens is 530 g/mol. The Morgan fingerprint density at radius 1 is 1.21 bits per heavy atom. The summed E-state index contributed by atoms with van der Waals surface area (Å²) in [5.74, 6) is -0.887. The van der Waals surface area contributed by atoms with Crippen LogP contribution in [0.3, 0.4) is 0 Å². The summed E-state index contributed by atoms with van der Waals surface area (Å²) in [5, 5.41) is 9.78. The van der Waals surface area contributed by atoms with Crippen molar-refractivity contribution in [2.75, 3.05) is 32.9 Å². The van der Waals surface area contributed by atoms with Gasteiger partial charge in [-0.05, 0) is 36.8 Å². The maximum absolute atomic E-state index is 12.6. The van der Waals surface area contributed by atoms with Crippen LogP contribution in [-0.4, -0.2) is 54.8 Å². The number of benzene rings is 2. The number of carbonyl (C=O) groups is 2. The molecule has 178 valence electrons. The summed E-state index contributed by atoms with van der Waals surface area (Å²) >= 11 is 9.63. The van der Waals surface area contributed by atoms with Crippen LogP contribution in [0.15, 0.2) is 56.1 Å². The van der Waals surface area contributed by atoms with Gasteiger partial charge in [0.25, 0.3) is 0 Å². The molecular formula is C24H21BrClNO7. The van der Waals surface area contributed by atoms with Gasteiger partial charge in [-0.1, -0.05) is 33.6 Å². The Bertz CT molecular complexity index is 1290. The van der Waals surface area contributed by atoms with Gasteiger partial charge in [0.2, 0.25) is 5.91 Å². The molecule has 10 heteroatoms. The molecule has 0 unspecified atom stereocenters. The maximum atomic E-state index is 12.6. The highest BCUT2D eigenvalue weighted by Crippen LogP contribution is 2.34. The summed E-state index contributed by atoms with van der Waals surface area (Å²) in [4.78, 5) is 37.3. The number of aliphatic carboxylic acids is 1. The van der Waals surface area contributed by atoms with E-state index in [9.17, 15) is 14.4 Å². The van der Waals surface area contributed by atoms with Crippen molar-refractivity contribution >= 4 is 50.4 Å². The number of halogens is 2. The molecule has 1 saturated heterocycles. The van der Waals surface area contributed by atoms with Crippen molar-refractivity contribution in [3.8, 4) is 17.1 Å². The second-order valence-electron chi connectivity index (χ2n) is 7.80. The normalized spacial score (nSPS) is 15.6. The molecule has 0 saturated carbocycles. The van der Waals surface area contributed by atoms with Gasteiger partial charge in [-0.2, -0.15) is 0 Å². The predicted octanol–water partition coefficient (Wildman–Crippen LogP) is 4.20. The minimum atomic E-state index is -0.890. The lowest BCUT2D eigenvalue weighted by molar-refractivity contribution is -0.141. The van der Waals surface area contributed by atoms with Gasteiger partial charge < -0.3 is 23.9 Å². The number of rotatable bonds is 8. The van der Waals surface area contributed by atoms with Crippen LogP contribution in [0.5, 0.6) is 5.75 Å². The van der Waals surface area contributed by atoms with Crippen LogP contribution in [-0.2, 0) is 14.3 Å². The molecule has 1 N–H and O–H groups in total. The molecule has 0 spiro atoms. The summed E-state index contributed by atoms with van der Waals surface area (Å²) in [6, 6.07) is 11.7. The van der Waals surface area contributed by atoms with E-state index in [-0.39, 0.29) is 37.7 Å². The van der Waals surface area contributed by atoms with Crippen molar-refractivity contribution in [1.82, 2.24) is 4.90 Å². The number of carbonyl (C=O) groups excluding carboxylic acids is 1. The van der Waals surface area contributed by atoms with Crippen molar-refractivity contribution in [1.29, 1.82) is 0 Å². The maximum Gasteiger partial charge on any atom is 0.308 e. The molecule has 1 atom stereocenters.